The van der Waals surface area contributed by atoms with Gasteiger partial charge in [-0.25, -0.2) is 4.98 Å². The maximum absolute atomic E-state index is 12.3. The first-order valence-electron chi connectivity index (χ1n) is 8.79. The Morgan fingerprint density at radius 3 is 2.71 bits per heavy atom. The zero-order valence-corrected chi connectivity index (χ0v) is 15.5. The number of hydrogen-bond acceptors (Lipinski definition) is 5. The molecule has 5 aromatic rings. The van der Waals surface area contributed by atoms with E-state index in [2.05, 4.69) is 25.5 Å². The van der Waals surface area contributed by atoms with Crippen molar-refractivity contribution in [2.45, 2.75) is 5.16 Å². The molecule has 0 aliphatic heterocycles. The van der Waals surface area contributed by atoms with Gasteiger partial charge in [0.2, 0.25) is 11.1 Å². The quantitative estimate of drug-likeness (QED) is 0.448. The van der Waals surface area contributed by atoms with Crippen LogP contribution < -0.4 is 5.32 Å². The van der Waals surface area contributed by atoms with Crippen LogP contribution in [0.3, 0.4) is 0 Å². The molecule has 2 aromatic heterocycles. The molecular formula is C21H15N5OS. The largest absolute Gasteiger partial charge is 0.338 e. The minimum Gasteiger partial charge on any atom is -0.338 e. The Bertz CT molecular complexity index is 1330. The number of anilines is 1. The molecule has 0 spiro atoms. The molecule has 0 unspecified atom stereocenters. The topological polar surface area (TPSA) is 83.6 Å². The second kappa shape index (κ2) is 6.94. The van der Waals surface area contributed by atoms with Gasteiger partial charge < -0.3 is 10.3 Å². The van der Waals surface area contributed by atoms with Gasteiger partial charge in [-0.05, 0) is 29.0 Å². The number of amides is 1. The summed E-state index contributed by atoms with van der Waals surface area (Å²) in [5.74, 6) is 0.0980. The number of para-hydroxylation sites is 1. The second-order valence-corrected chi connectivity index (χ2v) is 7.30. The van der Waals surface area contributed by atoms with Gasteiger partial charge in [-0.15, -0.1) is 10.2 Å². The lowest BCUT2D eigenvalue weighted by Crippen LogP contribution is -2.14. The number of rotatable bonds is 4. The molecule has 2 N–H and O–H groups in total. The molecule has 0 aliphatic rings. The molecule has 0 saturated carbocycles. The molecule has 136 valence electrons. The summed E-state index contributed by atoms with van der Waals surface area (Å²) in [7, 11) is 0. The molecule has 0 aliphatic carbocycles. The van der Waals surface area contributed by atoms with Crippen molar-refractivity contribution in [1.29, 1.82) is 0 Å². The van der Waals surface area contributed by atoms with Gasteiger partial charge in [0.25, 0.3) is 0 Å². The van der Waals surface area contributed by atoms with Crippen LogP contribution in [-0.4, -0.2) is 31.8 Å². The van der Waals surface area contributed by atoms with Gasteiger partial charge in [-0.1, -0.05) is 60.3 Å². The van der Waals surface area contributed by atoms with Crippen LogP contribution >= 0.6 is 11.8 Å². The molecule has 0 fully saturated rings. The van der Waals surface area contributed by atoms with Crippen molar-refractivity contribution in [2.24, 2.45) is 0 Å². The fraction of sp³-hybridized carbons (Fsp3) is 0.0476. The monoisotopic (exact) mass is 385 g/mol. The van der Waals surface area contributed by atoms with Crippen molar-refractivity contribution in [2.75, 3.05) is 11.1 Å². The number of benzene rings is 3. The van der Waals surface area contributed by atoms with Gasteiger partial charge in [-0.2, -0.15) is 0 Å². The fourth-order valence-corrected chi connectivity index (χ4v) is 3.75. The molecule has 0 atom stereocenters. The fourth-order valence-electron chi connectivity index (χ4n) is 3.16. The van der Waals surface area contributed by atoms with E-state index in [9.17, 15) is 4.79 Å². The maximum Gasteiger partial charge on any atom is 0.234 e. The Morgan fingerprint density at radius 1 is 0.964 bits per heavy atom. The number of H-pyrrole nitrogens is 1. The highest BCUT2D eigenvalue weighted by atomic mass is 32.2. The van der Waals surface area contributed by atoms with Crippen molar-refractivity contribution in [3.63, 3.8) is 0 Å². The number of aromatic amines is 1. The third-order valence-electron chi connectivity index (χ3n) is 4.47. The Labute approximate surface area is 164 Å². The predicted octanol–water partition coefficient (Wildman–Crippen LogP) is 4.39. The molecule has 0 bridgehead atoms. The number of thioether (sulfide) groups is 1. The summed E-state index contributed by atoms with van der Waals surface area (Å²) in [6.07, 6.45) is 0. The summed E-state index contributed by atoms with van der Waals surface area (Å²) >= 11 is 1.26. The molecule has 6 nitrogen and oxygen atoms in total. The first kappa shape index (κ1) is 16.7. The average molecular weight is 385 g/mol. The second-order valence-electron chi connectivity index (χ2n) is 6.36. The molecule has 2 heterocycles. The van der Waals surface area contributed by atoms with Gasteiger partial charge in [0.15, 0.2) is 5.65 Å². The Morgan fingerprint density at radius 2 is 1.79 bits per heavy atom. The summed E-state index contributed by atoms with van der Waals surface area (Å²) < 4.78 is 0. The predicted molar refractivity (Wildman–Crippen MR) is 112 cm³/mol. The summed E-state index contributed by atoms with van der Waals surface area (Å²) in [5, 5.41) is 15.0. The van der Waals surface area contributed by atoms with E-state index in [1.54, 1.807) is 0 Å². The van der Waals surface area contributed by atoms with Crippen LogP contribution in [0.2, 0.25) is 0 Å². The SMILES string of the molecule is O=C(CSc1nnc2c(n1)[nH]c1ccccc12)Nc1ccc2ccccc2c1. The molecule has 7 heteroatoms. The molecule has 5 rings (SSSR count). The summed E-state index contributed by atoms with van der Waals surface area (Å²) in [6, 6.07) is 21.8. The zero-order chi connectivity index (χ0) is 18.9. The maximum atomic E-state index is 12.3. The van der Waals surface area contributed by atoms with E-state index in [4.69, 9.17) is 0 Å². The van der Waals surface area contributed by atoms with Gasteiger partial charge in [0.05, 0.1) is 5.75 Å². The lowest BCUT2D eigenvalue weighted by molar-refractivity contribution is -0.113. The zero-order valence-electron chi connectivity index (χ0n) is 14.7. The number of aromatic nitrogens is 4. The standard InChI is InChI=1S/C21H15N5OS/c27-18(22-15-10-9-13-5-1-2-6-14(13)11-15)12-28-21-24-20-19(25-26-21)16-7-3-4-8-17(16)23-20/h1-11H,12H2,(H,22,27)(H,23,24,26). The highest BCUT2D eigenvalue weighted by Crippen LogP contribution is 2.23. The molecule has 1 amide bonds. The highest BCUT2D eigenvalue weighted by Gasteiger charge is 2.11. The van der Waals surface area contributed by atoms with Gasteiger partial charge >= 0.3 is 0 Å². The van der Waals surface area contributed by atoms with Crippen LogP contribution in [0.4, 0.5) is 5.69 Å². The van der Waals surface area contributed by atoms with Crippen LogP contribution in [0.5, 0.6) is 0 Å². The summed E-state index contributed by atoms with van der Waals surface area (Å²) in [6.45, 7) is 0. The lowest BCUT2D eigenvalue weighted by Gasteiger charge is -2.06. The molecule has 3 aromatic carbocycles. The van der Waals surface area contributed by atoms with Gasteiger partial charge in [0.1, 0.15) is 5.52 Å². The van der Waals surface area contributed by atoms with Crippen molar-refractivity contribution in [3.05, 3.63) is 66.7 Å². The summed E-state index contributed by atoms with van der Waals surface area (Å²) in [4.78, 5) is 20.0. The molecule has 0 saturated heterocycles. The smallest absolute Gasteiger partial charge is 0.234 e. The van der Waals surface area contributed by atoms with E-state index < -0.39 is 0 Å². The normalized spacial score (nSPS) is 11.3. The van der Waals surface area contributed by atoms with Crippen LogP contribution in [-0.2, 0) is 4.79 Å². The average Bonchev–Trinajstić information content (AvgIpc) is 3.10. The van der Waals surface area contributed by atoms with E-state index in [0.29, 0.717) is 10.8 Å². The lowest BCUT2D eigenvalue weighted by atomic mass is 10.1. The number of nitrogens with one attached hydrogen (secondary N) is 2. The van der Waals surface area contributed by atoms with Crippen LogP contribution in [0, 0.1) is 0 Å². The van der Waals surface area contributed by atoms with E-state index in [-0.39, 0.29) is 11.7 Å². The number of fused-ring (bicyclic) bond motifs is 4. The minimum atomic E-state index is -0.111. The van der Waals surface area contributed by atoms with E-state index in [0.717, 1.165) is 32.9 Å². The number of carbonyl (C=O) groups is 1. The number of hydrogen-bond donors (Lipinski definition) is 2. The van der Waals surface area contributed by atoms with Crippen LogP contribution in [0.1, 0.15) is 0 Å². The van der Waals surface area contributed by atoms with E-state index in [1.807, 2.05) is 66.7 Å². The molecular weight excluding hydrogens is 370 g/mol. The first-order valence-corrected chi connectivity index (χ1v) is 9.77. The Hall–Kier alpha value is -3.45. The minimum absolute atomic E-state index is 0.111. The summed E-state index contributed by atoms with van der Waals surface area (Å²) in [5.41, 5.74) is 3.15. The van der Waals surface area contributed by atoms with E-state index in [1.165, 1.54) is 11.8 Å². The van der Waals surface area contributed by atoms with E-state index >= 15 is 0 Å². The molecule has 0 radical (unpaired) electrons. The first-order chi connectivity index (χ1) is 13.8. The van der Waals surface area contributed by atoms with Gasteiger partial charge in [-0.3, -0.25) is 4.79 Å². The van der Waals surface area contributed by atoms with Crippen molar-refractivity contribution in [1.82, 2.24) is 20.2 Å². The third-order valence-corrected chi connectivity index (χ3v) is 5.31. The van der Waals surface area contributed by atoms with Crippen LogP contribution in [0.25, 0.3) is 32.8 Å². The van der Waals surface area contributed by atoms with Gasteiger partial charge in [0, 0.05) is 16.6 Å². The van der Waals surface area contributed by atoms with Crippen molar-refractivity contribution in [3.8, 4) is 0 Å². The van der Waals surface area contributed by atoms with Crippen molar-refractivity contribution >= 4 is 56.2 Å². The number of nitrogens with zero attached hydrogens (tertiary/aromatic N) is 3. The highest BCUT2D eigenvalue weighted by molar-refractivity contribution is 7.99. The number of carbonyl (C=O) groups excluding carboxylic acids is 1. The Kier molecular flexibility index (Phi) is 4.14. The van der Waals surface area contributed by atoms with Crippen molar-refractivity contribution < 1.29 is 4.79 Å². The molecule has 28 heavy (non-hydrogen) atoms. The third kappa shape index (κ3) is 3.16. The Balaban J connectivity index is 1.29. The van der Waals surface area contributed by atoms with Crippen LogP contribution in [0.15, 0.2) is 71.9 Å².